The van der Waals surface area contributed by atoms with Crippen molar-refractivity contribution in [2.24, 2.45) is 0 Å². The van der Waals surface area contributed by atoms with Crippen molar-refractivity contribution in [3.63, 3.8) is 0 Å². The van der Waals surface area contributed by atoms with E-state index in [4.69, 9.17) is 0 Å². The quantitative estimate of drug-likeness (QED) is 0.717. The van der Waals surface area contributed by atoms with Gasteiger partial charge in [-0.05, 0) is 12.1 Å². The van der Waals surface area contributed by atoms with Crippen molar-refractivity contribution in [3.05, 3.63) is 36.0 Å². The summed E-state index contributed by atoms with van der Waals surface area (Å²) in [7, 11) is 1.32. The Kier molecular flexibility index (Phi) is 2.25. The second-order valence-electron chi connectivity index (χ2n) is 3.06. The van der Waals surface area contributed by atoms with Crippen LogP contribution in [-0.2, 0) is 4.74 Å². The number of methoxy groups -OCH3 is 1. The van der Waals surface area contributed by atoms with Gasteiger partial charge in [-0.25, -0.2) is 4.79 Å². The van der Waals surface area contributed by atoms with Gasteiger partial charge in [0.1, 0.15) is 5.75 Å². The Morgan fingerprint density at radius 1 is 1.47 bits per heavy atom. The molecule has 0 aliphatic rings. The maximum atomic E-state index is 11.4. The summed E-state index contributed by atoms with van der Waals surface area (Å²) in [5.41, 5.74) is 0.928. The molecule has 2 rings (SSSR count). The van der Waals surface area contributed by atoms with Crippen LogP contribution in [0, 0.1) is 0 Å². The Hall–Kier alpha value is -2.10. The first kappa shape index (κ1) is 9.45. The van der Waals surface area contributed by atoms with Crippen LogP contribution in [0.5, 0.6) is 5.75 Å². The lowest BCUT2D eigenvalue weighted by Crippen LogP contribution is -2.02. The molecule has 0 unspecified atom stereocenters. The molecule has 76 valence electrons. The lowest BCUT2D eigenvalue weighted by molar-refractivity contribution is 0.0602. The molecule has 1 N–H and O–H groups in total. The highest BCUT2D eigenvalue weighted by atomic mass is 16.5. The average molecular weight is 203 g/mol. The van der Waals surface area contributed by atoms with Crippen molar-refractivity contribution in [1.29, 1.82) is 0 Å². The third-order valence-electron chi connectivity index (χ3n) is 2.10. The van der Waals surface area contributed by atoms with Gasteiger partial charge in [-0.2, -0.15) is 0 Å². The summed E-state index contributed by atoms with van der Waals surface area (Å²) in [6.45, 7) is 0. The van der Waals surface area contributed by atoms with Crippen LogP contribution in [0.1, 0.15) is 10.4 Å². The fourth-order valence-electron chi connectivity index (χ4n) is 1.42. The highest BCUT2D eigenvalue weighted by Gasteiger charge is 2.10. The van der Waals surface area contributed by atoms with Gasteiger partial charge < -0.3 is 9.84 Å². The first-order valence-electron chi connectivity index (χ1n) is 4.38. The summed E-state index contributed by atoms with van der Waals surface area (Å²) in [5, 5.41) is 9.94. The smallest absolute Gasteiger partial charge is 0.340 e. The van der Waals surface area contributed by atoms with E-state index in [9.17, 15) is 9.90 Å². The molecule has 0 aliphatic heterocycles. The number of aromatic nitrogens is 1. The van der Waals surface area contributed by atoms with Crippen molar-refractivity contribution < 1.29 is 14.6 Å². The minimum atomic E-state index is -0.432. The number of carbonyl (C=O) groups excluding carboxylic acids is 1. The van der Waals surface area contributed by atoms with E-state index >= 15 is 0 Å². The van der Waals surface area contributed by atoms with E-state index in [1.54, 1.807) is 24.3 Å². The summed E-state index contributed by atoms with van der Waals surface area (Å²) in [4.78, 5) is 15.4. The molecule has 0 atom stereocenters. The monoisotopic (exact) mass is 203 g/mol. The molecule has 0 amide bonds. The third kappa shape index (κ3) is 1.61. The average Bonchev–Trinajstić information content (AvgIpc) is 2.26. The van der Waals surface area contributed by atoms with Crippen molar-refractivity contribution >= 4 is 16.9 Å². The summed E-state index contributed by atoms with van der Waals surface area (Å²) < 4.78 is 4.63. The van der Waals surface area contributed by atoms with Crippen LogP contribution < -0.4 is 0 Å². The number of para-hydroxylation sites is 1. The zero-order chi connectivity index (χ0) is 10.8. The van der Waals surface area contributed by atoms with E-state index in [0.29, 0.717) is 16.5 Å². The number of carbonyl (C=O) groups is 1. The summed E-state index contributed by atoms with van der Waals surface area (Å²) >= 11 is 0. The van der Waals surface area contributed by atoms with Crippen LogP contribution in [-0.4, -0.2) is 23.2 Å². The molecule has 0 fully saturated rings. The van der Waals surface area contributed by atoms with Crippen molar-refractivity contribution in [1.82, 2.24) is 4.98 Å². The van der Waals surface area contributed by atoms with E-state index in [2.05, 4.69) is 9.72 Å². The van der Waals surface area contributed by atoms with E-state index in [1.807, 2.05) is 0 Å². The Morgan fingerprint density at radius 2 is 2.27 bits per heavy atom. The molecule has 4 nitrogen and oxygen atoms in total. The number of hydrogen-bond donors (Lipinski definition) is 1. The second-order valence-corrected chi connectivity index (χ2v) is 3.06. The summed E-state index contributed by atoms with van der Waals surface area (Å²) in [5.74, 6) is -0.358. The minimum absolute atomic E-state index is 0.0736. The fourth-order valence-corrected chi connectivity index (χ4v) is 1.42. The highest BCUT2D eigenvalue weighted by Crippen LogP contribution is 2.20. The van der Waals surface area contributed by atoms with Gasteiger partial charge >= 0.3 is 5.97 Å². The lowest BCUT2D eigenvalue weighted by Gasteiger charge is -2.03. The third-order valence-corrected chi connectivity index (χ3v) is 2.10. The van der Waals surface area contributed by atoms with E-state index in [-0.39, 0.29) is 5.75 Å². The number of benzene rings is 1. The Balaban J connectivity index is 2.71. The molecule has 1 aromatic carbocycles. The van der Waals surface area contributed by atoms with Crippen LogP contribution in [0.25, 0.3) is 10.9 Å². The normalized spacial score (nSPS) is 10.2. The minimum Gasteiger partial charge on any atom is -0.506 e. The number of aromatic hydroxyl groups is 1. The standard InChI is InChI=1S/C11H9NO3/c1-15-11(14)9-4-2-3-7-5-8(13)6-12-10(7)9/h2-6,13H,1H3. The molecule has 0 saturated carbocycles. The van der Waals surface area contributed by atoms with Crippen molar-refractivity contribution in [3.8, 4) is 5.75 Å². The number of fused-ring (bicyclic) bond motifs is 1. The number of hydrogen-bond acceptors (Lipinski definition) is 4. The van der Waals surface area contributed by atoms with Crippen LogP contribution in [0.2, 0.25) is 0 Å². The highest BCUT2D eigenvalue weighted by molar-refractivity contribution is 6.02. The van der Waals surface area contributed by atoms with E-state index < -0.39 is 5.97 Å². The van der Waals surface area contributed by atoms with Crippen LogP contribution in [0.15, 0.2) is 30.5 Å². The topological polar surface area (TPSA) is 59.4 Å². The molecular formula is C11H9NO3. The maximum Gasteiger partial charge on any atom is 0.340 e. The van der Waals surface area contributed by atoms with Gasteiger partial charge in [0, 0.05) is 5.39 Å². The van der Waals surface area contributed by atoms with Gasteiger partial charge in [-0.1, -0.05) is 12.1 Å². The molecule has 0 spiro atoms. The van der Waals surface area contributed by atoms with Crippen molar-refractivity contribution in [2.45, 2.75) is 0 Å². The predicted molar refractivity (Wildman–Crippen MR) is 54.7 cm³/mol. The lowest BCUT2D eigenvalue weighted by atomic mass is 10.1. The zero-order valence-corrected chi connectivity index (χ0v) is 8.10. The van der Waals surface area contributed by atoms with Crippen molar-refractivity contribution in [2.75, 3.05) is 7.11 Å². The Labute approximate surface area is 86.1 Å². The predicted octanol–water partition coefficient (Wildman–Crippen LogP) is 1.73. The van der Waals surface area contributed by atoms with Gasteiger partial charge in [0.25, 0.3) is 0 Å². The molecule has 2 aromatic rings. The summed E-state index contributed by atoms with van der Waals surface area (Å²) in [6.07, 6.45) is 1.30. The van der Waals surface area contributed by atoms with Gasteiger partial charge in [0.15, 0.2) is 0 Å². The molecular weight excluding hydrogens is 194 g/mol. The first-order chi connectivity index (χ1) is 7.22. The van der Waals surface area contributed by atoms with Gasteiger partial charge in [0.2, 0.25) is 0 Å². The molecule has 1 heterocycles. The van der Waals surface area contributed by atoms with Gasteiger partial charge in [-0.15, -0.1) is 0 Å². The Bertz CT molecular complexity index is 522. The number of rotatable bonds is 1. The maximum absolute atomic E-state index is 11.4. The molecule has 0 radical (unpaired) electrons. The molecule has 0 bridgehead atoms. The molecule has 15 heavy (non-hydrogen) atoms. The fraction of sp³-hybridized carbons (Fsp3) is 0.0909. The van der Waals surface area contributed by atoms with Gasteiger partial charge in [0.05, 0.1) is 24.4 Å². The SMILES string of the molecule is COC(=O)c1cccc2cc(O)cnc12. The molecule has 0 saturated heterocycles. The van der Waals surface area contributed by atoms with Crippen LogP contribution in [0.3, 0.4) is 0 Å². The van der Waals surface area contributed by atoms with E-state index in [1.165, 1.54) is 13.3 Å². The van der Waals surface area contributed by atoms with Crippen LogP contribution in [0.4, 0.5) is 0 Å². The van der Waals surface area contributed by atoms with Gasteiger partial charge in [-0.3, -0.25) is 4.98 Å². The molecule has 1 aromatic heterocycles. The largest absolute Gasteiger partial charge is 0.506 e. The number of pyridine rings is 1. The number of esters is 1. The van der Waals surface area contributed by atoms with Crippen LogP contribution >= 0.6 is 0 Å². The molecule has 4 heteroatoms. The number of nitrogens with zero attached hydrogens (tertiary/aromatic N) is 1. The van der Waals surface area contributed by atoms with E-state index in [0.717, 1.165) is 0 Å². The summed E-state index contributed by atoms with van der Waals surface area (Å²) in [6, 6.07) is 6.68. The molecule has 0 aliphatic carbocycles. The Morgan fingerprint density at radius 3 is 3.00 bits per heavy atom. The number of ether oxygens (including phenoxy) is 1. The second kappa shape index (κ2) is 3.57. The zero-order valence-electron chi connectivity index (χ0n) is 8.10. The first-order valence-corrected chi connectivity index (χ1v) is 4.38.